The van der Waals surface area contributed by atoms with Gasteiger partial charge in [-0.3, -0.25) is 0 Å². The van der Waals surface area contributed by atoms with Gasteiger partial charge in [-0.1, -0.05) is 24.3 Å². The molecule has 1 nitrogen and oxygen atoms in total. The Labute approximate surface area is 94.0 Å². The van der Waals surface area contributed by atoms with Crippen molar-refractivity contribution >= 4 is 11.3 Å². The lowest BCUT2D eigenvalue weighted by atomic mass is 10.1. The number of aliphatic hydroxyl groups excluding tert-OH is 1. The van der Waals surface area contributed by atoms with Crippen molar-refractivity contribution in [3.05, 3.63) is 46.3 Å². The minimum atomic E-state index is 0.103. The van der Waals surface area contributed by atoms with Gasteiger partial charge in [0.25, 0.3) is 0 Å². The molecule has 1 aromatic heterocycles. The highest BCUT2D eigenvalue weighted by Crippen LogP contribution is 2.32. The molecule has 2 rings (SSSR count). The third-order valence-electron chi connectivity index (χ3n) is 2.62. The molecule has 15 heavy (non-hydrogen) atoms. The van der Waals surface area contributed by atoms with E-state index in [1.807, 2.05) is 18.2 Å². The van der Waals surface area contributed by atoms with Crippen LogP contribution < -0.4 is 0 Å². The molecule has 1 aromatic carbocycles. The summed E-state index contributed by atoms with van der Waals surface area (Å²) in [5.74, 6) is 0. The summed E-state index contributed by atoms with van der Waals surface area (Å²) in [6.07, 6.45) is 0. The summed E-state index contributed by atoms with van der Waals surface area (Å²) in [7, 11) is 0. The molecule has 0 unspecified atom stereocenters. The first-order valence-corrected chi connectivity index (χ1v) is 5.80. The van der Waals surface area contributed by atoms with Gasteiger partial charge in [0.05, 0.1) is 6.61 Å². The molecule has 0 saturated carbocycles. The molecule has 0 saturated heterocycles. The summed E-state index contributed by atoms with van der Waals surface area (Å²) in [6, 6.07) is 10.2. The number of hydrogen-bond acceptors (Lipinski definition) is 2. The monoisotopic (exact) mass is 218 g/mol. The topological polar surface area (TPSA) is 20.2 Å². The summed E-state index contributed by atoms with van der Waals surface area (Å²) in [6.45, 7) is 4.36. The fourth-order valence-corrected chi connectivity index (χ4v) is 2.70. The van der Waals surface area contributed by atoms with Gasteiger partial charge in [-0.25, -0.2) is 0 Å². The smallest absolute Gasteiger partial charge is 0.0688 e. The molecule has 78 valence electrons. The molecule has 0 spiro atoms. The molecule has 0 atom stereocenters. The van der Waals surface area contributed by atoms with E-state index in [4.69, 9.17) is 0 Å². The van der Waals surface area contributed by atoms with Crippen molar-refractivity contribution in [1.29, 1.82) is 0 Å². The van der Waals surface area contributed by atoms with Gasteiger partial charge in [0.2, 0.25) is 0 Å². The maximum atomic E-state index is 9.26. The Hall–Kier alpha value is -1.12. The normalized spacial score (nSPS) is 10.6. The highest BCUT2D eigenvalue weighted by Gasteiger charge is 2.07. The average Bonchev–Trinajstić information content (AvgIpc) is 2.59. The zero-order chi connectivity index (χ0) is 10.8. The van der Waals surface area contributed by atoms with Crippen LogP contribution in [0.4, 0.5) is 0 Å². The average molecular weight is 218 g/mol. The number of aryl methyl sites for hydroxylation is 2. The van der Waals surface area contributed by atoms with E-state index in [2.05, 4.69) is 26.0 Å². The van der Waals surface area contributed by atoms with Crippen LogP contribution in [0, 0.1) is 13.8 Å². The molecule has 2 heteroatoms. The van der Waals surface area contributed by atoms with E-state index < -0.39 is 0 Å². The SMILES string of the molecule is Cc1cc(-c2ccccc2CO)sc1C. The molecule has 0 radical (unpaired) electrons. The molecular weight excluding hydrogens is 204 g/mol. The molecule has 0 bridgehead atoms. The highest BCUT2D eigenvalue weighted by atomic mass is 32.1. The Kier molecular flexibility index (Phi) is 2.89. The van der Waals surface area contributed by atoms with Crippen molar-refractivity contribution in [2.24, 2.45) is 0 Å². The zero-order valence-electron chi connectivity index (χ0n) is 8.95. The van der Waals surface area contributed by atoms with Gasteiger partial charge in [0.15, 0.2) is 0 Å². The number of benzene rings is 1. The predicted octanol–water partition coefficient (Wildman–Crippen LogP) is 3.52. The molecule has 0 fully saturated rings. The van der Waals surface area contributed by atoms with Crippen LogP contribution in [0.3, 0.4) is 0 Å². The van der Waals surface area contributed by atoms with Gasteiger partial charge in [-0.15, -0.1) is 11.3 Å². The molecule has 0 aliphatic carbocycles. The lowest BCUT2D eigenvalue weighted by Gasteiger charge is -2.03. The second-order valence-corrected chi connectivity index (χ2v) is 4.92. The summed E-state index contributed by atoms with van der Waals surface area (Å²) >= 11 is 1.79. The predicted molar refractivity (Wildman–Crippen MR) is 65.2 cm³/mol. The van der Waals surface area contributed by atoms with Crippen LogP contribution in [-0.4, -0.2) is 5.11 Å². The van der Waals surface area contributed by atoms with Gasteiger partial charge >= 0.3 is 0 Å². The maximum absolute atomic E-state index is 9.26. The van der Waals surface area contributed by atoms with Gasteiger partial charge in [-0.05, 0) is 36.6 Å². The van der Waals surface area contributed by atoms with Crippen molar-refractivity contribution in [3.63, 3.8) is 0 Å². The number of hydrogen-bond donors (Lipinski definition) is 1. The van der Waals surface area contributed by atoms with E-state index in [1.54, 1.807) is 11.3 Å². The molecule has 1 heterocycles. The largest absolute Gasteiger partial charge is 0.392 e. The molecular formula is C13H14OS. The van der Waals surface area contributed by atoms with Crippen LogP contribution in [0.25, 0.3) is 10.4 Å². The van der Waals surface area contributed by atoms with E-state index in [1.165, 1.54) is 15.3 Å². The highest BCUT2D eigenvalue weighted by molar-refractivity contribution is 7.15. The Morgan fingerprint density at radius 2 is 1.93 bits per heavy atom. The Bertz CT molecular complexity index is 452. The van der Waals surface area contributed by atoms with Crippen LogP contribution >= 0.6 is 11.3 Å². The minimum Gasteiger partial charge on any atom is -0.392 e. The molecule has 2 aromatic rings. The maximum Gasteiger partial charge on any atom is 0.0688 e. The van der Waals surface area contributed by atoms with Crippen molar-refractivity contribution < 1.29 is 5.11 Å². The Morgan fingerprint density at radius 1 is 1.20 bits per heavy atom. The summed E-state index contributed by atoms with van der Waals surface area (Å²) in [4.78, 5) is 2.59. The number of aliphatic hydroxyl groups is 1. The van der Waals surface area contributed by atoms with Gasteiger partial charge in [0, 0.05) is 9.75 Å². The lowest BCUT2D eigenvalue weighted by molar-refractivity contribution is 0.282. The van der Waals surface area contributed by atoms with E-state index in [0.717, 1.165) is 11.1 Å². The standard InChI is InChI=1S/C13H14OS/c1-9-7-13(15-10(9)2)12-6-4-3-5-11(12)8-14/h3-7,14H,8H2,1-2H3. The van der Waals surface area contributed by atoms with Crippen LogP contribution in [0.1, 0.15) is 16.0 Å². The van der Waals surface area contributed by atoms with Crippen molar-refractivity contribution in [2.75, 3.05) is 0 Å². The molecule has 1 N–H and O–H groups in total. The van der Waals surface area contributed by atoms with E-state index in [-0.39, 0.29) is 6.61 Å². The number of rotatable bonds is 2. The summed E-state index contributed by atoms with van der Waals surface area (Å²) in [5.41, 5.74) is 3.47. The third-order valence-corrected chi connectivity index (χ3v) is 3.80. The second kappa shape index (κ2) is 4.17. The van der Waals surface area contributed by atoms with Crippen LogP contribution in [0.2, 0.25) is 0 Å². The van der Waals surface area contributed by atoms with Crippen LogP contribution in [0.5, 0.6) is 0 Å². The molecule has 0 amide bonds. The van der Waals surface area contributed by atoms with Crippen molar-refractivity contribution in [1.82, 2.24) is 0 Å². The molecule has 0 aliphatic rings. The van der Waals surface area contributed by atoms with Crippen molar-refractivity contribution in [3.8, 4) is 10.4 Å². The van der Waals surface area contributed by atoms with E-state index in [9.17, 15) is 5.11 Å². The van der Waals surface area contributed by atoms with Gasteiger partial charge in [-0.2, -0.15) is 0 Å². The minimum absolute atomic E-state index is 0.103. The van der Waals surface area contributed by atoms with Crippen molar-refractivity contribution in [2.45, 2.75) is 20.5 Å². The zero-order valence-corrected chi connectivity index (χ0v) is 9.77. The first-order chi connectivity index (χ1) is 7.22. The van der Waals surface area contributed by atoms with E-state index >= 15 is 0 Å². The molecule has 0 aliphatic heterocycles. The summed E-state index contributed by atoms with van der Waals surface area (Å²) in [5, 5.41) is 9.26. The van der Waals surface area contributed by atoms with E-state index in [0.29, 0.717) is 0 Å². The fraction of sp³-hybridized carbons (Fsp3) is 0.231. The Balaban J connectivity index is 2.53. The Morgan fingerprint density at radius 3 is 2.53 bits per heavy atom. The van der Waals surface area contributed by atoms with Crippen LogP contribution in [0.15, 0.2) is 30.3 Å². The third kappa shape index (κ3) is 1.96. The first-order valence-electron chi connectivity index (χ1n) is 4.98. The fourth-order valence-electron chi connectivity index (χ4n) is 1.60. The van der Waals surface area contributed by atoms with Crippen LogP contribution in [-0.2, 0) is 6.61 Å². The van der Waals surface area contributed by atoms with Gasteiger partial charge in [0.1, 0.15) is 0 Å². The first kappa shape index (κ1) is 10.4. The summed E-state index contributed by atoms with van der Waals surface area (Å²) < 4.78 is 0. The lowest BCUT2D eigenvalue weighted by Crippen LogP contribution is -1.86. The second-order valence-electron chi connectivity index (χ2n) is 3.67. The number of thiophene rings is 1. The quantitative estimate of drug-likeness (QED) is 0.817. The van der Waals surface area contributed by atoms with Gasteiger partial charge < -0.3 is 5.11 Å².